The summed E-state index contributed by atoms with van der Waals surface area (Å²) >= 11 is 3.29. The Bertz CT molecular complexity index is 638. The maximum Gasteiger partial charge on any atom is 0.181 e. The van der Waals surface area contributed by atoms with Gasteiger partial charge in [0, 0.05) is 22.7 Å². The minimum absolute atomic E-state index is 0.284. The van der Waals surface area contributed by atoms with E-state index in [1.807, 2.05) is 0 Å². The van der Waals surface area contributed by atoms with Crippen molar-refractivity contribution in [3.8, 4) is 11.5 Å². The molecule has 1 aromatic rings. The van der Waals surface area contributed by atoms with Gasteiger partial charge in [-0.15, -0.1) is 0 Å². The monoisotopic (exact) mass is 362 g/mol. The van der Waals surface area contributed by atoms with Gasteiger partial charge in [0.15, 0.2) is 27.1 Å². The van der Waals surface area contributed by atoms with E-state index in [4.69, 9.17) is 9.47 Å². The molecule has 1 aromatic carbocycles. The molecule has 1 atom stereocenters. The molecule has 0 spiro atoms. The van der Waals surface area contributed by atoms with Crippen molar-refractivity contribution in [3.63, 3.8) is 0 Å². The molecule has 0 saturated heterocycles. The lowest BCUT2D eigenvalue weighted by molar-refractivity contribution is 0.0990. The van der Waals surface area contributed by atoms with E-state index in [0.717, 1.165) is 12.7 Å². The summed E-state index contributed by atoms with van der Waals surface area (Å²) in [4.78, 5) is 12.3. The minimum atomic E-state index is -3.44. The van der Waals surface area contributed by atoms with Gasteiger partial charge >= 0.3 is 0 Å². The van der Waals surface area contributed by atoms with Crippen molar-refractivity contribution in [2.24, 2.45) is 0 Å². The van der Waals surface area contributed by atoms with Crippen LogP contribution in [0.3, 0.4) is 0 Å². The van der Waals surface area contributed by atoms with Crippen LogP contribution in [0.25, 0.3) is 0 Å². The number of ether oxygens (including phenoxy) is 2. The largest absolute Gasteiger partial charge is 0.490 e. The molecule has 0 fully saturated rings. The lowest BCUT2D eigenvalue weighted by Gasteiger charge is -2.13. The Hall–Kier alpha value is -1.08. The summed E-state index contributed by atoms with van der Waals surface area (Å²) in [5, 5.41) is -1.09. The number of fused-ring (bicyclic) bond motifs is 1. The van der Waals surface area contributed by atoms with Crippen molar-refractivity contribution in [2.45, 2.75) is 18.6 Å². The smallest absolute Gasteiger partial charge is 0.181 e. The fourth-order valence-corrected chi connectivity index (χ4v) is 2.82. The van der Waals surface area contributed by atoms with Crippen LogP contribution in [-0.2, 0) is 9.84 Å². The topological polar surface area (TPSA) is 69.7 Å². The molecule has 1 aliphatic rings. The highest BCUT2D eigenvalue weighted by atomic mass is 79.9. The number of sulfone groups is 1. The SMILES string of the molecule is CC(C(=O)c1cc2c(cc1Br)OCCCO2)S(C)(=O)=O. The Labute approximate surface area is 126 Å². The summed E-state index contributed by atoms with van der Waals surface area (Å²) in [6.07, 6.45) is 1.81. The average Bonchev–Trinajstić information content (AvgIpc) is 2.59. The van der Waals surface area contributed by atoms with Crippen LogP contribution < -0.4 is 9.47 Å². The molecule has 1 unspecified atom stereocenters. The molecular weight excluding hydrogens is 348 g/mol. The average molecular weight is 363 g/mol. The zero-order chi connectivity index (χ0) is 14.9. The van der Waals surface area contributed by atoms with Crippen molar-refractivity contribution in [3.05, 3.63) is 22.2 Å². The Morgan fingerprint density at radius 1 is 1.25 bits per heavy atom. The van der Waals surface area contributed by atoms with Gasteiger partial charge in [0.25, 0.3) is 0 Å². The van der Waals surface area contributed by atoms with Crippen LogP contribution in [-0.4, -0.2) is 38.9 Å². The van der Waals surface area contributed by atoms with Gasteiger partial charge in [-0.1, -0.05) is 0 Å². The molecule has 1 aliphatic heterocycles. The molecule has 0 bridgehead atoms. The van der Waals surface area contributed by atoms with E-state index in [0.29, 0.717) is 29.2 Å². The quantitative estimate of drug-likeness (QED) is 0.771. The molecule has 0 aliphatic carbocycles. The number of ketones is 1. The van der Waals surface area contributed by atoms with Crippen molar-refractivity contribution < 1.29 is 22.7 Å². The number of benzene rings is 1. The van der Waals surface area contributed by atoms with Crippen LogP contribution in [0.15, 0.2) is 16.6 Å². The first-order valence-corrected chi connectivity index (χ1v) is 8.87. The Balaban J connectivity index is 2.43. The van der Waals surface area contributed by atoms with Gasteiger partial charge in [0.2, 0.25) is 0 Å². The number of carbonyl (C=O) groups is 1. The first kappa shape index (κ1) is 15.3. The molecule has 7 heteroatoms. The molecule has 0 amide bonds. The molecule has 1 heterocycles. The summed E-state index contributed by atoms with van der Waals surface area (Å²) in [6, 6.07) is 3.18. The van der Waals surface area contributed by atoms with E-state index in [1.54, 1.807) is 6.07 Å². The number of rotatable bonds is 3. The van der Waals surface area contributed by atoms with Gasteiger partial charge < -0.3 is 9.47 Å². The first-order valence-electron chi connectivity index (χ1n) is 6.13. The summed E-state index contributed by atoms with van der Waals surface area (Å²) in [5.41, 5.74) is 0.284. The summed E-state index contributed by atoms with van der Waals surface area (Å²) in [5.74, 6) is 0.558. The van der Waals surface area contributed by atoms with E-state index < -0.39 is 20.9 Å². The van der Waals surface area contributed by atoms with Crippen LogP contribution in [0.1, 0.15) is 23.7 Å². The van der Waals surface area contributed by atoms with Gasteiger partial charge in [-0.25, -0.2) is 8.42 Å². The van der Waals surface area contributed by atoms with E-state index >= 15 is 0 Å². The third-order valence-electron chi connectivity index (χ3n) is 3.11. The third-order valence-corrected chi connectivity index (χ3v) is 5.27. The predicted molar refractivity (Wildman–Crippen MR) is 78.4 cm³/mol. The zero-order valence-corrected chi connectivity index (χ0v) is 13.6. The highest BCUT2D eigenvalue weighted by Crippen LogP contribution is 2.36. The van der Waals surface area contributed by atoms with E-state index in [9.17, 15) is 13.2 Å². The summed E-state index contributed by atoms with van der Waals surface area (Å²) in [7, 11) is -3.44. The van der Waals surface area contributed by atoms with Crippen LogP contribution >= 0.6 is 15.9 Å². The molecule has 0 aromatic heterocycles. The number of carbonyl (C=O) groups excluding carboxylic acids is 1. The lowest BCUT2D eigenvalue weighted by atomic mass is 10.1. The van der Waals surface area contributed by atoms with Crippen LogP contribution in [0, 0.1) is 0 Å². The third kappa shape index (κ3) is 3.15. The number of hydrogen-bond acceptors (Lipinski definition) is 5. The Morgan fingerprint density at radius 2 is 1.80 bits per heavy atom. The highest BCUT2D eigenvalue weighted by Gasteiger charge is 2.27. The molecular formula is C13H15BrO5S. The van der Waals surface area contributed by atoms with Crippen molar-refractivity contribution >= 4 is 31.6 Å². The molecule has 20 heavy (non-hydrogen) atoms. The number of hydrogen-bond donors (Lipinski definition) is 0. The second-order valence-electron chi connectivity index (χ2n) is 4.67. The zero-order valence-electron chi connectivity index (χ0n) is 11.2. The van der Waals surface area contributed by atoms with Crippen LogP contribution in [0.4, 0.5) is 0 Å². The highest BCUT2D eigenvalue weighted by molar-refractivity contribution is 9.10. The van der Waals surface area contributed by atoms with Crippen LogP contribution in [0.2, 0.25) is 0 Å². The van der Waals surface area contributed by atoms with Crippen molar-refractivity contribution in [1.82, 2.24) is 0 Å². The van der Waals surface area contributed by atoms with Gasteiger partial charge in [-0.3, -0.25) is 4.79 Å². The van der Waals surface area contributed by atoms with Crippen molar-refractivity contribution in [1.29, 1.82) is 0 Å². The Morgan fingerprint density at radius 3 is 2.35 bits per heavy atom. The second-order valence-corrected chi connectivity index (χ2v) is 7.89. The van der Waals surface area contributed by atoms with Gasteiger partial charge in [-0.2, -0.15) is 0 Å². The molecule has 0 N–H and O–H groups in total. The number of halogens is 1. The second kappa shape index (κ2) is 5.73. The molecule has 5 nitrogen and oxygen atoms in total. The van der Waals surface area contributed by atoms with Gasteiger partial charge in [0.1, 0.15) is 5.25 Å². The van der Waals surface area contributed by atoms with Gasteiger partial charge in [0.05, 0.1) is 13.2 Å². The van der Waals surface area contributed by atoms with Gasteiger partial charge in [-0.05, 0) is 35.0 Å². The maximum atomic E-state index is 12.3. The van der Waals surface area contributed by atoms with Crippen molar-refractivity contribution in [2.75, 3.05) is 19.5 Å². The Kier molecular flexibility index (Phi) is 4.39. The fourth-order valence-electron chi connectivity index (χ4n) is 1.79. The standard InChI is InChI=1S/C13H15BrO5S/c1-8(20(2,16)17)13(15)9-6-11-12(7-10(9)14)19-5-3-4-18-11/h6-8H,3-5H2,1-2H3. The summed E-state index contributed by atoms with van der Waals surface area (Å²) in [6.45, 7) is 2.43. The molecule has 0 radical (unpaired) electrons. The lowest BCUT2D eigenvalue weighted by Crippen LogP contribution is -2.26. The fraction of sp³-hybridized carbons (Fsp3) is 0.462. The van der Waals surface area contributed by atoms with E-state index in [1.165, 1.54) is 13.0 Å². The predicted octanol–water partition coefficient (Wildman–Crippen LogP) is 2.23. The number of Topliss-reactive ketones (excluding diaryl/α,β-unsaturated/α-hetero) is 1. The van der Waals surface area contributed by atoms with Crippen LogP contribution in [0.5, 0.6) is 11.5 Å². The van der Waals surface area contributed by atoms with E-state index in [2.05, 4.69) is 15.9 Å². The molecule has 2 rings (SSSR count). The molecule has 0 saturated carbocycles. The summed E-state index contributed by atoms with van der Waals surface area (Å²) < 4.78 is 34.5. The maximum absolute atomic E-state index is 12.3. The minimum Gasteiger partial charge on any atom is -0.490 e. The van der Waals surface area contributed by atoms with E-state index in [-0.39, 0.29) is 5.56 Å². The molecule has 110 valence electrons. The normalized spacial score (nSPS) is 16.4. The first-order chi connectivity index (χ1) is 9.30.